The lowest BCUT2D eigenvalue weighted by Crippen LogP contribution is -2.49. The maximum atomic E-state index is 13.4. The number of primary amides is 1. The van der Waals surface area contributed by atoms with Crippen molar-refractivity contribution in [2.24, 2.45) is 28.4 Å². The van der Waals surface area contributed by atoms with Gasteiger partial charge in [0.2, 0.25) is 11.8 Å². The molecule has 0 saturated heterocycles. The van der Waals surface area contributed by atoms with Gasteiger partial charge in [-0.05, 0) is 55.2 Å². The molecule has 0 aliphatic carbocycles. The molecule has 0 aromatic heterocycles. The first-order valence-electron chi connectivity index (χ1n) is 14.3. The van der Waals surface area contributed by atoms with Gasteiger partial charge in [-0.2, -0.15) is 0 Å². The number of carbonyl (C=O) groups is 2. The van der Waals surface area contributed by atoms with Gasteiger partial charge < -0.3 is 25.3 Å². The number of aryl methyl sites for hydroxylation is 1. The number of hydrogen-bond acceptors (Lipinski definition) is 5. The highest BCUT2D eigenvalue weighted by atomic mass is 16.5. The summed E-state index contributed by atoms with van der Waals surface area (Å²) in [5.41, 5.74) is 5.67. The van der Waals surface area contributed by atoms with Gasteiger partial charge >= 0.3 is 0 Å². The summed E-state index contributed by atoms with van der Waals surface area (Å²) >= 11 is 0. The zero-order valence-electron chi connectivity index (χ0n) is 25.3. The molecule has 1 aromatic rings. The molecule has 38 heavy (non-hydrogen) atoms. The van der Waals surface area contributed by atoms with E-state index in [1.165, 1.54) is 5.56 Å². The molecule has 0 fully saturated rings. The number of nitrogens with one attached hydrogen (secondary N) is 1. The fourth-order valence-corrected chi connectivity index (χ4v) is 5.13. The fraction of sp³-hybridized carbons (Fsp3) is 0.742. The summed E-state index contributed by atoms with van der Waals surface area (Å²) < 4.78 is 16.5. The Hall–Kier alpha value is -2.28. The van der Waals surface area contributed by atoms with Gasteiger partial charge in [0.1, 0.15) is 0 Å². The van der Waals surface area contributed by atoms with E-state index in [0.717, 1.165) is 56.4 Å². The second-order valence-corrected chi connectivity index (χ2v) is 11.7. The van der Waals surface area contributed by atoms with Gasteiger partial charge in [0.25, 0.3) is 0 Å². The molecule has 7 heteroatoms. The second-order valence-electron chi connectivity index (χ2n) is 11.7. The molecule has 0 aliphatic rings. The minimum absolute atomic E-state index is 0.0963. The fourth-order valence-electron chi connectivity index (χ4n) is 5.13. The minimum atomic E-state index is -0.633. The van der Waals surface area contributed by atoms with Crippen molar-refractivity contribution >= 4 is 11.8 Å². The third kappa shape index (κ3) is 10.1. The van der Waals surface area contributed by atoms with Gasteiger partial charge in [0.05, 0.1) is 19.1 Å². The third-order valence-corrected chi connectivity index (χ3v) is 7.97. The molecule has 3 N–H and O–H groups in total. The predicted octanol–water partition coefficient (Wildman–Crippen LogP) is 5.92. The summed E-state index contributed by atoms with van der Waals surface area (Å²) in [6, 6.07) is 6.16. The summed E-state index contributed by atoms with van der Waals surface area (Å²) in [6.45, 7) is 13.9. The highest BCUT2D eigenvalue weighted by Crippen LogP contribution is 2.41. The molecule has 0 atom stereocenters. The molecule has 218 valence electrons. The van der Waals surface area contributed by atoms with Crippen LogP contribution in [0.15, 0.2) is 18.2 Å². The van der Waals surface area contributed by atoms with Crippen LogP contribution in [0.5, 0.6) is 11.5 Å². The molecule has 0 saturated carbocycles. The zero-order valence-corrected chi connectivity index (χ0v) is 25.3. The number of rotatable bonds is 20. The van der Waals surface area contributed by atoms with Crippen molar-refractivity contribution in [3.63, 3.8) is 0 Å². The Kier molecular flexibility index (Phi) is 14.8. The molecular weight excluding hydrogens is 480 g/mol. The van der Waals surface area contributed by atoms with Crippen molar-refractivity contribution in [1.29, 1.82) is 0 Å². The molecule has 2 amide bonds. The lowest BCUT2D eigenvalue weighted by atomic mass is 9.65. The van der Waals surface area contributed by atoms with Crippen LogP contribution in [-0.2, 0) is 20.7 Å². The molecule has 0 bridgehead atoms. The molecule has 7 nitrogen and oxygen atoms in total. The van der Waals surface area contributed by atoms with E-state index in [0.29, 0.717) is 26.2 Å². The summed E-state index contributed by atoms with van der Waals surface area (Å²) in [4.78, 5) is 25.1. The van der Waals surface area contributed by atoms with E-state index >= 15 is 0 Å². The Morgan fingerprint density at radius 1 is 0.895 bits per heavy atom. The van der Waals surface area contributed by atoms with E-state index in [4.69, 9.17) is 19.9 Å². The first-order chi connectivity index (χ1) is 17.9. The Labute approximate surface area is 231 Å². The zero-order chi connectivity index (χ0) is 28.8. The molecule has 0 spiro atoms. The predicted molar refractivity (Wildman–Crippen MR) is 154 cm³/mol. The monoisotopic (exact) mass is 534 g/mol. The van der Waals surface area contributed by atoms with Crippen LogP contribution in [0.4, 0.5) is 0 Å². The Morgan fingerprint density at radius 3 is 2.13 bits per heavy atom. The smallest absolute Gasteiger partial charge is 0.226 e. The van der Waals surface area contributed by atoms with Crippen molar-refractivity contribution in [2.75, 3.05) is 34.0 Å². The number of hydrogen-bond donors (Lipinski definition) is 2. The van der Waals surface area contributed by atoms with Crippen LogP contribution in [0.2, 0.25) is 0 Å². The van der Waals surface area contributed by atoms with Gasteiger partial charge in [-0.25, -0.2) is 0 Å². The number of amides is 2. The molecule has 0 unspecified atom stereocenters. The van der Waals surface area contributed by atoms with E-state index in [1.807, 2.05) is 19.9 Å². The van der Waals surface area contributed by atoms with E-state index in [1.54, 1.807) is 14.2 Å². The van der Waals surface area contributed by atoms with Crippen molar-refractivity contribution in [3.05, 3.63) is 23.8 Å². The van der Waals surface area contributed by atoms with Crippen molar-refractivity contribution in [3.8, 4) is 11.5 Å². The average Bonchev–Trinajstić information content (AvgIpc) is 2.85. The second kappa shape index (κ2) is 16.6. The normalized spacial score (nSPS) is 12.2. The molecule has 1 rings (SSSR count). The quantitative estimate of drug-likeness (QED) is 0.202. The van der Waals surface area contributed by atoms with Crippen LogP contribution in [-0.4, -0.2) is 45.8 Å². The summed E-state index contributed by atoms with van der Waals surface area (Å²) in [5, 5.41) is 3.13. The molecule has 0 aliphatic heterocycles. The maximum absolute atomic E-state index is 13.4. The number of nitrogens with two attached hydrogens (primary N) is 1. The Morgan fingerprint density at radius 2 is 1.55 bits per heavy atom. The number of carbonyl (C=O) groups excluding carboxylic acids is 2. The van der Waals surface area contributed by atoms with Gasteiger partial charge in [-0.1, -0.05) is 66.9 Å². The maximum Gasteiger partial charge on any atom is 0.226 e. The van der Waals surface area contributed by atoms with E-state index in [9.17, 15) is 9.59 Å². The van der Waals surface area contributed by atoms with E-state index in [-0.39, 0.29) is 23.7 Å². The van der Waals surface area contributed by atoms with Crippen molar-refractivity contribution in [1.82, 2.24) is 5.32 Å². The molecule has 0 radical (unpaired) electrons. The number of methoxy groups -OCH3 is 2. The van der Waals surface area contributed by atoms with Gasteiger partial charge in [-0.3, -0.25) is 9.59 Å². The molecule has 0 heterocycles. The minimum Gasteiger partial charge on any atom is -0.493 e. The average molecular weight is 535 g/mol. The first kappa shape index (κ1) is 33.7. The first-order valence-corrected chi connectivity index (χ1v) is 14.3. The van der Waals surface area contributed by atoms with E-state index in [2.05, 4.69) is 45.1 Å². The lowest BCUT2D eigenvalue weighted by Gasteiger charge is -2.40. The lowest BCUT2D eigenvalue weighted by molar-refractivity contribution is -0.138. The van der Waals surface area contributed by atoms with Gasteiger partial charge in [0.15, 0.2) is 11.5 Å². The van der Waals surface area contributed by atoms with Crippen LogP contribution < -0.4 is 20.5 Å². The van der Waals surface area contributed by atoms with Crippen LogP contribution in [0.1, 0.15) is 92.1 Å². The number of ether oxygens (including phenoxy) is 3. The van der Waals surface area contributed by atoms with Crippen LogP contribution >= 0.6 is 0 Å². The van der Waals surface area contributed by atoms with Crippen LogP contribution in [0.3, 0.4) is 0 Å². The highest BCUT2D eigenvalue weighted by Gasteiger charge is 2.43. The van der Waals surface area contributed by atoms with Gasteiger partial charge in [0, 0.05) is 32.1 Å². The third-order valence-electron chi connectivity index (χ3n) is 7.97. The van der Waals surface area contributed by atoms with Crippen molar-refractivity contribution in [2.45, 2.75) is 92.9 Å². The van der Waals surface area contributed by atoms with Crippen LogP contribution in [0, 0.1) is 22.7 Å². The van der Waals surface area contributed by atoms with Crippen LogP contribution in [0.25, 0.3) is 0 Å². The summed E-state index contributed by atoms with van der Waals surface area (Å²) in [5.74, 6) is 1.72. The van der Waals surface area contributed by atoms with E-state index < -0.39 is 10.8 Å². The number of unbranched alkanes of at least 4 members (excludes halogenated alkanes) is 3. The topological polar surface area (TPSA) is 99.9 Å². The van der Waals surface area contributed by atoms with Crippen molar-refractivity contribution < 1.29 is 23.8 Å². The molecular formula is C31H54N2O5. The van der Waals surface area contributed by atoms with Gasteiger partial charge in [-0.15, -0.1) is 0 Å². The summed E-state index contributed by atoms with van der Waals surface area (Å²) in [6.07, 6.45) is 7.49. The Balaban J connectivity index is 2.62. The number of benzene rings is 1. The standard InChI is InChI=1S/C31H54N2O5/c1-23(2)31(24(3)4,29(35)33-19-18-30(5,6)28(32)34)17-12-10-9-11-14-25-15-16-26(37-8)27(22-25)38-21-13-20-36-7/h15-16,22-24H,9-14,17-21H2,1-8H3,(H2,32,34)(H,33,35). The highest BCUT2D eigenvalue weighted by molar-refractivity contribution is 5.83. The SMILES string of the molecule is COCCCOc1cc(CCCCCCC(C(=O)NCCC(C)(C)C(N)=O)(C(C)C)C(C)C)ccc1OC. The largest absolute Gasteiger partial charge is 0.493 e. The molecule has 1 aromatic carbocycles. The Bertz CT molecular complexity index is 843. The summed E-state index contributed by atoms with van der Waals surface area (Å²) in [7, 11) is 3.35.